The molecule has 3 rings (SSSR count). The predicted octanol–water partition coefficient (Wildman–Crippen LogP) is 2.94. The lowest BCUT2D eigenvalue weighted by atomic mass is 10.2. The van der Waals surface area contributed by atoms with Gasteiger partial charge in [0.15, 0.2) is 0 Å². The molecule has 1 fully saturated rings. The number of hydrogen-bond donors (Lipinski definition) is 0. The monoisotopic (exact) mass is 440 g/mol. The highest BCUT2D eigenvalue weighted by atomic mass is 32.2. The van der Waals surface area contributed by atoms with E-state index in [1.165, 1.54) is 16.4 Å². The van der Waals surface area contributed by atoms with E-state index in [-0.39, 0.29) is 10.8 Å². The maximum Gasteiger partial charge on any atom is 0.253 e. The van der Waals surface area contributed by atoms with E-state index in [1.54, 1.807) is 29.2 Å². The van der Waals surface area contributed by atoms with Crippen LogP contribution in [0.25, 0.3) is 0 Å². The second-order valence-corrected chi connectivity index (χ2v) is 9.34. The molecule has 0 atom stereocenters. The standard InChI is InChI=1S/C23H28N4O3S/c1-3-25(4-2)23(28)20-8-12-22(13-9-20)31(29,30)27-15-5-14-26(16-17-27)21-10-6-19(18-24)7-11-21/h6-13H,3-5,14-17H2,1-2H3. The molecule has 1 heterocycles. The third-order valence-electron chi connectivity index (χ3n) is 5.61. The summed E-state index contributed by atoms with van der Waals surface area (Å²) in [4.78, 5) is 16.5. The lowest BCUT2D eigenvalue weighted by Gasteiger charge is -2.23. The fourth-order valence-electron chi connectivity index (χ4n) is 3.75. The second-order valence-electron chi connectivity index (χ2n) is 7.41. The van der Waals surface area contributed by atoms with Gasteiger partial charge in [-0.2, -0.15) is 9.57 Å². The molecule has 1 aliphatic rings. The highest BCUT2D eigenvalue weighted by molar-refractivity contribution is 7.89. The summed E-state index contributed by atoms with van der Waals surface area (Å²) in [6.07, 6.45) is 0.706. The minimum atomic E-state index is -3.64. The molecule has 2 aromatic carbocycles. The number of sulfonamides is 1. The van der Waals surface area contributed by atoms with E-state index in [2.05, 4.69) is 11.0 Å². The molecule has 0 aromatic heterocycles. The normalized spacial score (nSPS) is 15.2. The Morgan fingerprint density at radius 1 is 0.968 bits per heavy atom. The Kier molecular flexibility index (Phi) is 7.31. The number of carbonyl (C=O) groups excluding carboxylic acids is 1. The summed E-state index contributed by atoms with van der Waals surface area (Å²) >= 11 is 0. The number of hydrogen-bond acceptors (Lipinski definition) is 5. The quantitative estimate of drug-likeness (QED) is 0.690. The maximum atomic E-state index is 13.2. The molecule has 0 N–H and O–H groups in total. The van der Waals surface area contributed by atoms with Gasteiger partial charge in [-0.3, -0.25) is 4.79 Å². The first-order valence-corrected chi connectivity index (χ1v) is 12.0. The molecule has 2 aromatic rings. The van der Waals surface area contributed by atoms with Crippen molar-refractivity contribution in [2.24, 2.45) is 0 Å². The summed E-state index contributed by atoms with van der Waals surface area (Å²) in [6.45, 7) is 7.19. The average molecular weight is 441 g/mol. The van der Waals surface area contributed by atoms with E-state index in [4.69, 9.17) is 5.26 Å². The molecular weight excluding hydrogens is 412 g/mol. The molecule has 1 aliphatic heterocycles. The van der Waals surface area contributed by atoms with Crippen molar-refractivity contribution in [2.45, 2.75) is 25.2 Å². The zero-order valence-corrected chi connectivity index (χ0v) is 18.8. The molecule has 164 valence electrons. The van der Waals surface area contributed by atoms with Crippen molar-refractivity contribution in [1.29, 1.82) is 5.26 Å². The minimum Gasteiger partial charge on any atom is -0.370 e. The first kappa shape index (κ1) is 22.8. The van der Waals surface area contributed by atoms with Crippen molar-refractivity contribution >= 4 is 21.6 Å². The van der Waals surface area contributed by atoms with Crippen LogP contribution in [-0.2, 0) is 10.0 Å². The van der Waals surface area contributed by atoms with Crippen molar-refractivity contribution in [3.63, 3.8) is 0 Å². The molecule has 0 saturated carbocycles. The van der Waals surface area contributed by atoms with Gasteiger partial charge in [0.05, 0.1) is 16.5 Å². The van der Waals surface area contributed by atoms with Crippen LogP contribution in [0.4, 0.5) is 5.69 Å². The van der Waals surface area contributed by atoms with Gasteiger partial charge in [0.2, 0.25) is 10.0 Å². The minimum absolute atomic E-state index is 0.0956. The number of amides is 1. The lowest BCUT2D eigenvalue weighted by molar-refractivity contribution is 0.0773. The molecule has 0 aliphatic carbocycles. The molecule has 8 heteroatoms. The van der Waals surface area contributed by atoms with Crippen LogP contribution < -0.4 is 4.90 Å². The van der Waals surface area contributed by atoms with Gasteiger partial charge in [-0.15, -0.1) is 0 Å². The van der Waals surface area contributed by atoms with Crippen molar-refractivity contribution in [1.82, 2.24) is 9.21 Å². The van der Waals surface area contributed by atoms with Crippen LogP contribution in [0.15, 0.2) is 53.4 Å². The van der Waals surface area contributed by atoms with Crippen LogP contribution in [-0.4, -0.2) is 62.8 Å². The molecule has 0 bridgehead atoms. The summed E-state index contributed by atoms with van der Waals surface area (Å²) in [6, 6.07) is 15.7. The summed E-state index contributed by atoms with van der Waals surface area (Å²) in [5, 5.41) is 8.96. The third kappa shape index (κ3) is 5.06. The lowest BCUT2D eigenvalue weighted by Crippen LogP contribution is -2.35. The fraction of sp³-hybridized carbons (Fsp3) is 0.391. The molecule has 0 radical (unpaired) electrons. The van der Waals surface area contributed by atoms with Gasteiger partial charge in [-0.05, 0) is 68.8 Å². The summed E-state index contributed by atoms with van der Waals surface area (Å²) in [7, 11) is -3.64. The SMILES string of the molecule is CCN(CC)C(=O)c1ccc(S(=O)(=O)N2CCCN(c3ccc(C#N)cc3)CC2)cc1. The van der Waals surface area contributed by atoms with Crippen molar-refractivity contribution in [3.8, 4) is 6.07 Å². The van der Waals surface area contributed by atoms with Crippen LogP contribution in [0.1, 0.15) is 36.2 Å². The summed E-state index contributed by atoms with van der Waals surface area (Å²) in [5.74, 6) is -0.0956. The summed E-state index contributed by atoms with van der Waals surface area (Å²) < 4.78 is 27.9. The van der Waals surface area contributed by atoms with Gasteiger partial charge in [0.25, 0.3) is 5.91 Å². The summed E-state index contributed by atoms with van der Waals surface area (Å²) in [5.41, 5.74) is 2.08. The van der Waals surface area contributed by atoms with Gasteiger partial charge in [-0.1, -0.05) is 0 Å². The number of nitrogens with zero attached hydrogens (tertiary/aromatic N) is 4. The van der Waals surface area contributed by atoms with Gasteiger partial charge >= 0.3 is 0 Å². The Labute approximate surface area is 184 Å². The molecule has 0 unspecified atom stereocenters. The molecule has 0 spiro atoms. The smallest absolute Gasteiger partial charge is 0.253 e. The third-order valence-corrected chi connectivity index (χ3v) is 7.52. The van der Waals surface area contributed by atoms with Crippen molar-refractivity contribution in [3.05, 3.63) is 59.7 Å². The molecule has 31 heavy (non-hydrogen) atoms. The highest BCUT2D eigenvalue weighted by Crippen LogP contribution is 2.22. The Hall–Kier alpha value is -2.89. The van der Waals surface area contributed by atoms with Crippen LogP contribution in [0.3, 0.4) is 0 Å². The Bertz CT molecular complexity index is 1040. The van der Waals surface area contributed by atoms with Gasteiger partial charge < -0.3 is 9.80 Å². The zero-order chi connectivity index (χ0) is 22.4. The van der Waals surface area contributed by atoms with E-state index < -0.39 is 10.0 Å². The first-order valence-electron chi connectivity index (χ1n) is 10.5. The second kappa shape index (κ2) is 9.94. The van der Waals surface area contributed by atoms with Crippen LogP contribution in [0.5, 0.6) is 0 Å². The van der Waals surface area contributed by atoms with Gasteiger partial charge in [-0.25, -0.2) is 8.42 Å². The Morgan fingerprint density at radius 3 is 2.19 bits per heavy atom. The van der Waals surface area contributed by atoms with E-state index in [0.29, 0.717) is 50.3 Å². The fourth-order valence-corrected chi connectivity index (χ4v) is 5.22. The number of carbonyl (C=O) groups is 1. The van der Waals surface area contributed by atoms with E-state index in [9.17, 15) is 13.2 Å². The first-order chi connectivity index (χ1) is 14.9. The van der Waals surface area contributed by atoms with E-state index in [0.717, 1.165) is 12.2 Å². The Balaban J connectivity index is 1.71. The van der Waals surface area contributed by atoms with Crippen molar-refractivity contribution < 1.29 is 13.2 Å². The van der Waals surface area contributed by atoms with Crippen molar-refractivity contribution in [2.75, 3.05) is 44.2 Å². The van der Waals surface area contributed by atoms with Crippen LogP contribution >= 0.6 is 0 Å². The predicted molar refractivity (Wildman–Crippen MR) is 120 cm³/mol. The van der Waals surface area contributed by atoms with Crippen LogP contribution in [0, 0.1) is 11.3 Å². The number of rotatable bonds is 6. The zero-order valence-electron chi connectivity index (χ0n) is 18.0. The molecule has 1 saturated heterocycles. The topological polar surface area (TPSA) is 84.7 Å². The van der Waals surface area contributed by atoms with Gasteiger partial charge in [0.1, 0.15) is 0 Å². The molecule has 1 amide bonds. The number of benzene rings is 2. The van der Waals surface area contributed by atoms with Crippen LogP contribution in [0.2, 0.25) is 0 Å². The number of nitriles is 1. The van der Waals surface area contributed by atoms with E-state index in [1.807, 2.05) is 26.0 Å². The van der Waals surface area contributed by atoms with Gasteiger partial charge in [0, 0.05) is 50.5 Å². The largest absolute Gasteiger partial charge is 0.370 e. The van der Waals surface area contributed by atoms with E-state index >= 15 is 0 Å². The molecular formula is C23H28N4O3S. The maximum absolute atomic E-state index is 13.2. The highest BCUT2D eigenvalue weighted by Gasteiger charge is 2.27. The Morgan fingerprint density at radius 2 is 1.61 bits per heavy atom. The molecule has 7 nitrogen and oxygen atoms in total. The average Bonchev–Trinajstić information content (AvgIpc) is 3.07. The number of anilines is 1.